The number of nitrogens with zero attached hydrogens (tertiary/aromatic N) is 2. The van der Waals surface area contributed by atoms with Crippen molar-refractivity contribution in [2.45, 2.75) is 51.7 Å². The van der Waals surface area contributed by atoms with Crippen molar-refractivity contribution in [3.63, 3.8) is 0 Å². The summed E-state index contributed by atoms with van der Waals surface area (Å²) in [5.74, 6) is -1.98. The number of benzene rings is 2. The average Bonchev–Trinajstić information content (AvgIpc) is 3.77. The zero-order valence-electron chi connectivity index (χ0n) is 23.7. The minimum absolute atomic E-state index is 0.0237. The molecule has 0 aromatic heterocycles. The third-order valence-corrected chi connectivity index (χ3v) is 8.12. The first kappa shape index (κ1) is 31.6. The second kappa shape index (κ2) is 13.4. The molecule has 2 aromatic rings. The van der Waals surface area contributed by atoms with Gasteiger partial charge in [-0.25, -0.2) is 0 Å². The van der Waals surface area contributed by atoms with Crippen LogP contribution < -0.4 is 9.47 Å². The number of alkyl halides is 2. The summed E-state index contributed by atoms with van der Waals surface area (Å²) in [5.41, 5.74) is 1.86. The van der Waals surface area contributed by atoms with Crippen LogP contribution in [0.1, 0.15) is 70.6 Å². The summed E-state index contributed by atoms with van der Waals surface area (Å²) >= 11 is 12.7. The van der Waals surface area contributed by atoms with Crippen LogP contribution >= 0.6 is 23.2 Å². The summed E-state index contributed by atoms with van der Waals surface area (Å²) in [7, 11) is 0. The SMILES string of the molecule is CCCc1cccc2c1C(=O)N(CC(=O)OC(CC1=C(Cl)C[N+](=O)C=C1Cl)c1ccc(OC(F)F)c(OCC3CC3)c1)C2=O. The van der Waals surface area contributed by atoms with Crippen LogP contribution in [-0.4, -0.2) is 53.8 Å². The van der Waals surface area contributed by atoms with E-state index in [1.54, 1.807) is 18.2 Å². The summed E-state index contributed by atoms with van der Waals surface area (Å²) in [6, 6.07) is 9.13. The lowest BCUT2D eigenvalue weighted by Gasteiger charge is -2.23. The first-order chi connectivity index (χ1) is 21.0. The maximum absolute atomic E-state index is 13.3. The van der Waals surface area contributed by atoms with Gasteiger partial charge in [-0.3, -0.25) is 19.3 Å². The van der Waals surface area contributed by atoms with Crippen molar-refractivity contribution in [2.24, 2.45) is 5.92 Å². The van der Waals surface area contributed by atoms with Gasteiger partial charge < -0.3 is 14.2 Å². The highest BCUT2D eigenvalue weighted by Crippen LogP contribution is 2.40. The molecule has 2 aliphatic heterocycles. The zero-order valence-corrected chi connectivity index (χ0v) is 25.2. The van der Waals surface area contributed by atoms with Gasteiger partial charge in [0.2, 0.25) is 12.7 Å². The molecule has 1 fully saturated rings. The zero-order chi connectivity index (χ0) is 31.5. The molecule has 1 saturated carbocycles. The molecule has 0 radical (unpaired) electrons. The minimum atomic E-state index is -3.10. The molecule has 232 valence electrons. The van der Waals surface area contributed by atoms with Crippen LogP contribution in [0.15, 0.2) is 58.2 Å². The molecule has 2 aromatic carbocycles. The number of allylic oxidation sites excluding steroid dienone is 1. The Morgan fingerprint density at radius 1 is 1.11 bits per heavy atom. The number of nitroso groups, excluding NO2 is 1. The van der Waals surface area contributed by atoms with Crippen molar-refractivity contribution < 1.29 is 42.1 Å². The molecule has 3 aliphatic rings. The summed E-state index contributed by atoms with van der Waals surface area (Å²) in [4.78, 5) is 52.4. The minimum Gasteiger partial charge on any atom is -0.489 e. The van der Waals surface area contributed by atoms with E-state index in [4.69, 9.17) is 32.7 Å². The van der Waals surface area contributed by atoms with Crippen LogP contribution in [0.2, 0.25) is 0 Å². The fourth-order valence-corrected chi connectivity index (χ4v) is 5.75. The van der Waals surface area contributed by atoms with Crippen LogP contribution in [0, 0.1) is 10.8 Å². The predicted molar refractivity (Wildman–Crippen MR) is 156 cm³/mol. The van der Waals surface area contributed by atoms with Gasteiger partial charge in [0.25, 0.3) is 11.8 Å². The van der Waals surface area contributed by atoms with E-state index in [0.29, 0.717) is 28.2 Å². The Balaban J connectivity index is 1.42. The third kappa shape index (κ3) is 7.10. The molecule has 2 amide bonds. The van der Waals surface area contributed by atoms with Crippen molar-refractivity contribution in [3.05, 3.63) is 85.4 Å². The van der Waals surface area contributed by atoms with Crippen molar-refractivity contribution in [3.8, 4) is 11.5 Å². The lowest BCUT2D eigenvalue weighted by Crippen LogP contribution is -2.36. The summed E-state index contributed by atoms with van der Waals surface area (Å²) in [6.07, 6.45) is 3.17. The largest absolute Gasteiger partial charge is 0.489 e. The normalized spacial score (nSPS) is 17.2. The van der Waals surface area contributed by atoms with Gasteiger partial charge in [-0.15, -0.1) is 0 Å². The lowest BCUT2D eigenvalue weighted by molar-refractivity contribution is -0.470. The topological polar surface area (TPSA) is 102 Å². The Bertz CT molecular complexity index is 1570. The van der Waals surface area contributed by atoms with E-state index in [0.717, 1.165) is 35.9 Å². The quantitative estimate of drug-likeness (QED) is 0.136. The van der Waals surface area contributed by atoms with Gasteiger partial charge in [-0.1, -0.05) is 54.7 Å². The van der Waals surface area contributed by atoms with E-state index in [1.165, 1.54) is 18.2 Å². The number of esters is 1. The van der Waals surface area contributed by atoms with Gasteiger partial charge in [0.1, 0.15) is 17.7 Å². The van der Waals surface area contributed by atoms with Crippen molar-refractivity contribution in [2.75, 3.05) is 19.7 Å². The Hall–Kier alpha value is -3.83. The number of amides is 2. The number of imide groups is 1. The van der Waals surface area contributed by atoms with E-state index < -0.39 is 37.0 Å². The molecule has 0 bridgehead atoms. The molecular weight excluding hydrogens is 621 g/mol. The van der Waals surface area contributed by atoms with E-state index in [-0.39, 0.29) is 52.3 Å². The van der Waals surface area contributed by atoms with Gasteiger partial charge in [-0.05, 0) is 54.5 Å². The highest BCUT2D eigenvalue weighted by molar-refractivity contribution is 6.35. The molecule has 44 heavy (non-hydrogen) atoms. The molecule has 5 rings (SSSR count). The van der Waals surface area contributed by atoms with Gasteiger partial charge in [0.15, 0.2) is 11.5 Å². The number of hydrogen-bond acceptors (Lipinski definition) is 7. The third-order valence-electron chi connectivity index (χ3n) is 7.45. The standard InChI is InChI=1S/C31H29Cl2F2N2O7/c1-2-4-18-5-3-6-20-28(18)30(40)37(29(20)39)15-27(38)43-25(12-21-22(32)13-36(41)14-23(21)33)19-9-10-24(44-31(34)35)26(11-19)42-16-17-7-8-17/h3,5-6,9-11,13,17,25,31H,2,4,7-8,12,14-16H2,1H3/q+1. The van der Waals surface area contributed by atoms with Crippen molar-refractivity contribution >= 4 is 41.0 Å². The first-order valence-electron chi connectivity index (χ1n) is 14.1. The lowest BCUT2D eigenvalue weighted by atomic mass is 9.99. The molecular formula is C31H29Cl2F2N2O7+. The second-order valence-electron chi connectivity index (χ2n) is 10.7. The summed E-state index contributed by atoms with van der Waals surface area (Å²) in [5, 5.41) is 0.157. The fraction of sp³-hybridized carbons (Fsp3) is 0.387. The number of fused-ring (bicyclic) bond motifs is 1. The van der Waals surface area contributed by atoms with E-state index >= 15 is 0 Å². The average molecular weight is 650 g/mol. The number of rotatable bonds is 13. The van der Waals surface area contributed by atoms with Crippen molar-refractivity contribution in [1.29, 1.82) is 0 Å². The Kier molecular flexibility index (Phi) is 9.65. The van der Waals surface area contributed by atoms with Crippen LogP contribution in [0.25, 0.3) is 0 Å². The van der Waals surface area contributed by atoms with Gasteiger partial charge in [0, 0.05) is 21.7 Å². The number of ether oxygens (including phenoxy) is 3. The molecule has 0 saturated heterocycles. The molecule has 13 heteroatoms. The van der Waals surface area contributed by atoms with Crippen LogP contribution in [0.3, 0.4) is 0 Å². The molecule has 1 unspecified atom stereocenters. The monoisotopic (exact) mass is 649 g/mol. The van der Waals surface area contributed by atoms with Crippen molar-refractivity contribution in [1.82, 2.24) is 4.90 Å². The fourth-order valence-electron chi connectivity index (χ4n) is 5.11. The molecule has 0 N–H and O–H groups in total. The second-order valence-corrected chi connectivity index (χ2v) is 11.6. The number of carbonyl (C=O) groups excluding carboxylic acids is 3. The molecule has 0 spiro atoms. The van der Waals surface area contributed by atoms with Crippen LogP contribution in [-0.2, 0) is 16.0 Å². The number of carbonyl (C=O) groups is 3. The summed E-state index contributed by atoms with van der Waals surface area (Å²) in [6.45, 7) is -1.70. The van der Waals surface area contributed by atoms with E-state index in [1.807, 2.05) is 6.92 Å². The maximum atomic E-state index is 13.3. The molecule has 9 nitrogen and oxygen atoms in total. The molecule has 1 aliphatic carbocycles. The Morgan fingerprint density at radius 3 is 2.57 bits per heavy atom. The van der Waals surface area contributed by atoms with Gasteiger partial charge >= 0.3 is 12.6 Å². The van der Waals surface area contributed by atoms with E-state index in [9.17, 15) is 28.1 Å². The Morgan fingerprint density at radius 2 is 1.89 bits per heavy atom. The van der Waals surface area contributed by atoms with Crippen LogP contribution in [0.4, 0.5) is 8.78 Å². The number of halogens is 4. The highest BCUT2D eigenvalue weighted by Gasteiger charge is 2.39. The number of hydrogen-bond donors (Lipinski definition) is 0. The van der Waals surface area contributed by atoms with Crippen LogP contribution in [0.5, 0.6) is 11.5 Å². The predicted octanol–water partition coefficient (Wildman–Crippen LogP) is 6.67. The molecule has 1 atom stereocenters. The molecule has 2 heterocycles. The van der Waals surface area contributed by atoms with Gasteiger partial charge in [-0.2, -0.15) is 8.78 Å². The number of aryl methyl sites for hydroxylation is 1. The smallest absolute Gasteiger partial charge is 0.387 e. The first-order valence-corrected chi connectivity index (χ1v) is 14.9. The van der Waals surface area contributed by atoms with Gasteiger partial charge in [0.05, 0.1) is 22.8 Å². The summed E-state index contributed by atoms with van der Waals surface area (Å²) < 4.78 is 43.0. The highest BCUT2D eigenvalue weighted by atomic mass is 35.5. The van der Waals surface area contributed by atoms with E-state index in [2.05, 4.69) is 4.74 Å². The maximum Gasteiger partial charge on any atom is 0.387 e. The Labute approximate surface area is 261 Å².